The predicted octanol–water partition coefficient (Wildman–Crippen LogP) is 14.9. The first kappa shape index (κ1) is 41.2. The van der Waals surface area contributed by atoms with Gasteiger partial charge in [0, 0.05) is 44.3 Å². The summed E-state index contributed by atoms with van der Waals surface area (Å²) in [6.07, 6.45) is 0. The summed E-state index contributed by atoms with van der Waals surface area (Å²) < 4.78 is 8.69. The van der Waals surface area contributed by atoms with Gasteiger partial charge in [-0.05, 0) is 122 Å². The largest absolute Gasteiger partial charge is 0.456 e. The van der Waals surface area contributed by atoms with E-state index < -0.39 is 8.07 Å². The van der Waals surface area contributed by atoms with E-state index >= 15 is 0 Å². The number of benzene rings is 11. The molecule has 13 rings (SSSR count). The quantitative estimate of drug-likeness (QED) is 0.101. The number of hydrogen-bond donors (Lipinski definition) is 0. The number of furan rings is 1. The molecule has 0 amide bonds. The van der Waals surface area contributed by atoms with Crippen LogP contribution in [0.25, 0.3) is 71.7 Å². The van der Waals surface area contributed by atoms with Gasteiger partial charge in [0.15, 0.2) is 8.07 Å². The average molecular weight is 911 g/mol. The molecule has 2 aromatic heterocycles. The number of rotatable bonds is 10. The smallest absolute Gasteiger partial charge is 0.179 e. The Morgan fingerprint density at radius 3 is 1.26 bits per heavy atom. The van der Waals surface area contributed by atoms with E-state index in [1.165, 1.54) is 48.1 Å². The number of hydrogen-bond acceptors (Lipinski definition) is 2. The molecule has 0 saturated heterocycles. The monoisotopic (exact) mass is 910 g/mol. The maximum Gasteiger partial charge on any atom is 0.179 e. The third kappa shape index (κ3) is 6.96. The Morgan fingerprint density at radius 1 is 0.286 bits per heavy atom. The second-order valence-corrected chi connectivity index (χ2v) is 21.9. The maximum atomic E-state index is 6.31. The van der Waals surface area contributed by atoms with Crippen LogP contribution in [0.1, 0.15) is 0 Å². The number of nitrogens with zero attached hydrogens (tertiary/aromatic N) is 2. The van der Waals surface area contributed by atoms with E-state index in [-0.39, 0.29) is 0 Å². The van der Waals surface area contributed by atoms with Gasteiger partial charge in [-0.1, -0.05) is 200 Å². The summed E-state index contributed by atoms with van der Waals surface area (Å²) in [7, 11) is -2.72. The lowest BCUT2D eigenvalue weighted by Crippen LogP contribution is -2.74. The number of para-hydroxylation sites is 3. The predicted molar refractivity (Wildman–Crippen MR) is 297 cm³/mol. The highest BCUT2D eigenvalue weighted by molar-refractivity contribution is 7.19. The SMILES string of the molecule is c1ccc(-n2c3ccccc3c3ccc(-c4ccc(N(c5ccc(-c6ccc7c(c6)oc6ccccc67)cc5)c5ccc([Si](c6ccccc6)(c6ccccc6)c6ccccc6)cc5)cc4)cc32)cc1. The normalized spacial score (nSPS) is 11.7. The Labute approximate surface area is 408 Å². The van der Waals surface area contributed by atoms with Crippen LogP contribution in [0.4, 0.5) is 17.1 Å². The second kappa shape index (κ2) is 17.3. The van der Waals surface area contributed by atoms with Crippen molar-refractivity contribution >= 4 is 89.6 Å². The minimum Gasteiger partial charge on any atom is -0.456 e. The van der Waals surface area contributed by atoms with Crippen LogP contribution in [-0.2, 0) is 0 Å². The molecular formula is C66H46N2OSi. The van der Waals surface area contributed by atoms with Crippen LogP contribution in [0.5, 0.6) is 0 Å². The van der Waals surface area contributed by atoms with Gasteiger partial charge in [-0.25, -0.2) is 0 Å². The molecule has 0 spiro atoms. The van der Waals surface area contributed by atoms with Gasteiger partial charge in [0.2, 0.25) is 0 Å². The van der Waals surface area contributed by atoms with Crippen molar-refractivity contribution in [3.05, 3.63) is 279 Å². The van der Waals surface area contributed by atoms with Crippen LogP contribution in [0.15, 0.2) is 283 Å². The van der Waals surface area contributed by atoms with Crippen molar-refractivity contribution < 1.29 is 4.42 Å². The number of fused-ring (bicyclic) bond motifs is 6. The summed E-state index contributed by atoms with van der Waals surface area (Å²) in [4.78, 5) is 2.38. The summed E-state index contributed by atoms with van der Waals surface area (Å²) >= 11 is 0. The fourth-order valence-corrected chi connectivity index (χ4v) is 15.6. The van der Waals surface area contributed by atoms with E-state index in [4.69, 9.17) is 4.42 Å². The molecule has 3 nitrogen and oxygen atoms in total. The van der Waals surface area contributed by atoms with E-state index in [1.54, 1.807) is 0 Å². The lowest BCUT2D eigenvalue weighted by Gasteiger charge is -2.35. The highest BCUT2D eigenvalue weighted by Gasteiger charge is 2.41. The summed E-state index contributed by atoms with van der Waals surface area (Å²) in [5.41, 5.74) is 13.2. The van der Waals surface area contributed by atoms with Crippen molar-refractivity contribution in [3.8, 4) is 27.9 Å². The van der Waals surface area contributed by atoms with Gasteiger partial charge in [0.25, 0.3) is 0 Å². The highest BCUT2D eigenvalue weighted by Crippen LogP contribution is 2.39. The Morgan fingerprint density at radius 2 is 0.686 bits per heavy atom. The van der Waals surface area contributed by atoms with Gasteiger partial charge in [0.1, 0.15) is 11.2 Å². The minimum atomic E-state index is -2.72. The Hall–Kier alpha value is -8.96. The molecule has 0 aliphatic heterocycles. The number of anilines is 3. The third-order valence-electron chi connectivity index (χ3n) is 14.2. The Balaban J connectivity index is 0.926. The first-order valence-corrected chi connectivity index (χ1v) is 26.0. The van der Waals surface area contributed by atoms with Gasteiger partial charge in [0.05, 0.1) is 11.0 Å². The molecule has 0 atom stereocenters. The Bertz CT molecular complexity index is 3860. The van der Waals surface area contributed by atoms with Crippen LogP contribution in [-0.4, -0.2) is 12.6 Å². The third-order valence-corrected chi connectivity index (χ3v) is 19.0. The van der Waals surface area contributed by atoms with Crippen LogP contribution >= 0.6 is 0 Å². The molecule has 0 N–H and O–H groups in total. The minimum absolute atomic E-state index is 0.895. The van der Waals surface area contributed by atoms with Gasteiger partial charge in [-0.2, -0.15) is 0 Å². The Kier molecular flexibility index (Phi) is 10.2. The molecule has 330 valence electrons. The van der Waals surface area contributed by atoms with E-state index in [9.17, 15) is 0 Å². The summed E-state index contributed by atoms with van der Waals surface area (Å²) in [6, 6.07) is 102. The van der Waals surface area contributed by atoms with Gasteiger partial charge in [-0.15, -0.1) is 0 Å². The van der Waals surface area contributed by atoms with Crippen molar-refractivity contribution in [2.24, 2.45) is 0 Å². The lowest BCUT2D eigenvalue weighted by molar-refractivity contribution is 0.669. The van der Waals surface area contributed by atoms with Crippen molar-refractivity contribution in [2.75, 3.05) is 4.90 Å². The standard InChI is InChI=1S/C66H46N2OSi/c1-5-17-51(18-6-1)68-63-27-15-13-25-59(63)60-43-33-49(45-64(60)68)47-29-35-52(36-30-47)67(53-37-31-48(32-38-53)50-34-44-62-61-26-14-16-28-65(61)69-66(62)46-50)54-39-41-58(42-40-54)70(55-19-7-2-8-20-55,56-21-9-3-10-22-56)57-23-11-4-12-24-57/h1-46H. The van der Waals surface area contributed by atoms with Crippen molar-refractivity contribution in [1.82, 2.24) is 4.57 Å². The van der Waals surface area contributed by atoms with Crippen LogP contribution in [0.2, 0.25) is 0 Å². The first-order valence-electron chi connectivity index (χ1n) is 24.0. The zero-order chi connectivity index (χ0) is 46.4. The molecule has 2 heterocycles. The average Bonchev–Trinajstić information content (AvgIpc) is 3.98. The maximum absolute atomic E-state index is 6.31. The fourth-order valence-electron chi connectivity index (χ4n) is 10.9. The molecular weight excluding hydrogens is 865 g/mol. The summed E-state index contributed by atoms with van der Waals surface area (Å²) in [5, 5.41) is 10.2. The highest BCUT2D eigenvalue weighted by atomic mass is 28.3. The van der Waals surface area contributed by atoms with Crippen molar-refractivity contribution in [2.45, 2.75) is 0 Å². The topological polar surface area (TPSA) is 21.3 Å². The zero-order valence-electron chi connectivity index (χ0n) is 38.4. The van der Waals surface area contributed by atoms with Crippen LogP contribution in [0.3, 0.4) is 0 Å². The van der Waals surface area contributed by atoms with Crippen molar-refractivity contribution in [3.63, 3.8) is 0 Å². The molecule has 0 saturated carbocycles. The summed E-state index contributed by atoms with van der Waals surface area (Å²) in [5.74, 6) is 0. The molecule has 0 aliphatic carbocycles. The van der Waals surface area contributed by atoms with E-state index in [0.717, 1.165) is 61.4 Å². The molecule has 70 heavy (non-hydrogen) atoms. The molecule has 11 aromatic carbocycles. The molecule has 0 radical (unpaired) electrons. The second-order valence-electron chi connectivity index (χ2n) is 18.1. The van der Waals surface area contributed by atoms with Crippen LogP contribution in [0, 0.1) is 0 Å². The van der Waals surface area contributed by atoms with E-state index in [2.05, 4.69) is 276 Å². The summed E-state index contributed by atoms with van der Waals surface area (Å²) in [6.45, 7) is 0. The number of aromatic nitrogens is 1. The van der Waals surface area contributed by atoms with Gasteiger partial charge in [-0.3, -0.25) is 0 Å². The van der Waals surface area contributed by atoms with E-state index in [1.807, 2.05) is 12.1 Å². The first-order chi connectivity index (χ1) is 34.7. The molecule has 13 aromatic rings. The fraction of sp³-hybridized carbons (Fsp3) is 0. The molecule has 0 bridgehead atoms. The van der Waals surface area contributed by atoms with Gasteiger partial charge < -0.3 is 13.9 Å². The molecule has 0 unspecified atom stereocenters. The van der Waals surface area contributed by atoms with Gasteiger partial charge >= 0.3 is 0 Å². The molecule has 4 heteroatoms. The molecule has 0 fully saturated rings. The zero-order valence-corrected chi connectivity index (χ0v) is 39.4. The van der Waals surface area contributed by atoms with E-state index in [0.29, 0.717) is 0 Å². The van der Waals surface area contributed by atoms with Crippen molar-refractivity contribution in [1.29, 1.82) is 0 Å². The lowest BCUT2D eigenvalue weighted by atomic mass is 10.0. The molecule has 0 aliphatic rings. The van der Waals surface area contributed by atoms with Crippen LogP contribution < -0.4 is 25.6 Å².